The summed E-state index contributed by atoms with van der Waals surface area (Å²) in [4.78, 5) is 25.4. The van der Waals surface area contributed by atoms with Gasteiger partial charge in [-0.05, 0) is 53.6 Å². The molecule has 7 heteroatoms. The molecule has 2 amide bonds. The van der Waals surface area contributed by atoms with Gasteiger partial charge in [0, 0.05) is 11.3 Å². The third-order valence-electron chi connectivity index (χ3n) is 5.50. The van der Waals surface area contributed by atoms with Crippen LogP contribution in [0.25, 0.3) is 10.8 Å². The van der Waals surface area contributed by atoms with Gasteiger partial charge in [-0.3, -0.25) is 9.59 Å². The van der Waals surface area contributed by atoms with Crippen molar-refractivity contribution < 1.29 is 22.8 Å². The van der Waals surface area contributed by atoms with Crippen molar-refractivity contribution in [2.24, 2.45) is 0 Å². The lowest BCUT2D eigenvalue weighted by Crippen LogP contribution is -2.27. The molecule has 4 aromatic rings. The van der Waals surface area contributed by atoms with Gasteiger partial charge in [0.1, 0.15) is 0 Å². The third-order valence-corrected chi connectivity index (χ3v) is 5.50. The first-order chi connectivity index (χ1) is 16.2. The zero-order valence-corrected chi connectivity index (χ0v) is 18.2. The summed E-state index contributed by atoms with van der Waals surface area (Å²) in [5.41, 5.74) is -0.0687. The zero-order valence-electron chi connectivity index (χ0n) is 18.2. The number of carbonyl (C=O) groups is 2. The third kappa shape index (κ3) is 4.93. The van der Waals surface area contributed by atoms with Gasteiger partial charge in [-0.25, -0.2) is 0 Å². The summed E-state index contributed by atoms with van der Waals surface area (Å²) in [6.07, 6.45) is -4.66. The molecule has 0 bridgehead atoms. The van der Waals surface area contributed by atoms with Crippen LogP contribution < -0.4 is 10.6 Å². The van der Waals surface area contributed by atoms with E-state index in [-0.39, 0.29) is 23.2 Å². The van der Waals surface area contributed by atoms with Crippen LogP contribution in [0, 0.1) is 0 Å². The first kappa shape index (κ1) is 23.0. The molecule has 172 valence electrons. The number of benzene rings is 4. The molecule has 0 fully saturated rings. The van der Waals surface area contributed by atoms with Gasteiger partial charge in [-0.1, -0.05) is 60.7 Å². The van der Waals surface area contributed by atoms with Gasteiger partial charge in [-0.2, -0.15) is 13.2 Å². The van der Waals surface area contributed by atoms with E-state index in [1.165, 1.54) is 24.3 Å². The summed E-state index contributed by atoms with van der Waals surface area (Å²) >= 11 is 0. The fourth-order valence-electron chi connectivity index (χ4n) is 3.85. The summed E-state index contributed by atoms with van der Waals surface area (Å²) in [6.45, 7) is 1.87. The Morgan fingerprint density at radius 1 is 0.794 bits per heavy atom. The van der Waals surface area contributed by atoms with E-state index in [2.05, 4.69) is 10.6 Å². The summed E-state index contributed by atoms with van der Waals surface area (Å²) < 4.78 is 39.7. The van der Waals surface area contributed by atoms with Crippen molar-refractivity contribution in [3.05, 3.63) is 113 Å². The molecule has 4 aromatic carbocycles. The van der Waals surface area contributed by atoms with Gasteiger partial charge in [0.05, 0.1) is 17.2 Å². The second-order valence-electron chi connectivity index (χ2n) is 7.84. The van der Waals surface area contributed by atoms with Crippen LogP contribution in [0.1, 0.15) is 44.8 Å². The summed E-state index contributed by atoms with van der Waals surface area (Å²) in [6, 6.07) is 24.1. The quantitative estimate of drug-likeness (QED) is 0.351. The van der Waals surface area contributed by atoms with E-state index in [1.54, 1.807) is 12.1 Å². The Morgan fingerprint density at radius 2 is 1.47 bits per heavy atom. The maximum atomic E-state index is 13.2. The molecular formula is C27H21F3N2O2. The van der Waals surface area contributed by atoms with Crippen LogP contribution in [0.3, 0.4) is 0 Å². The van der Waals surface area contributed by atoms with Crippen molar-refractivity contribution in [3.8, 4) is 0 Å². The van der Waals surface area contributed by atoms with Crippen LogP contribution in [0.15, 0.2) is 91.0 Å². The normalized spacial score (nSPS) is 12.2. The highest BCUT2D eigenvalue weighted by Crippen LogP contribution is 2.32. The van der Waals surface area contributed by atoms with Crippen molar-refractivity contribution >= 4 is 28.3 Å². The Balaban J connectivity index is 1.51. The van der Waals surface area contributed by atoms with Crippen LogP contribution in [-0.2, 0) is 6.18 Å². The fourth-order valence-corrected chi connectivity index (χ4v) is 3.85. The SMILES string of the molecule is C[C@H](NC(=O)c1cccc(NC(=O)c2ccccc2C(F)(F)F)c1)c1cccc2ccccc12. The molecule has 0 aromatic heterocycles. The largest absolute Gasteiger partial charge is 0.417 e. The smallest absolute Gasteiger partial charge is 0.345 e. The zero-order chi connectivity index (χ0) is 24.3. The van der Waals surface area contributed by atoms with Crippen LogP contribution in [-0.4, -0.2) is 11.8 Å². The first-order valence-corrected chi connectivity index (χ1v) is 10.6. The highest BCUT2D eigenvalue weighted by atomic mass is 19.4. The van der Waals surface area contributed by atoms with Crippen molar-refractivity contribution in [3.63, 3.8) is 0 Å². The predicted octanol–water partition coefficient (Wildman–Crippen LogP) is 6.60. The average molecular weight is 462 g/mol. The Hall–Kier alpha value is -4.13. The van der Waals surface area contributed by atoms with Gasteiger partial charge in [0.15, 0.2) is 0 Å². The van der Waals surface area contributed by atoms with Gasteiger partial charge in [-0.15, -0.1) is 0 Å². The Labute approximate surface area is 194 Å². The molecule has 0 saturated carbocycles. The maximum Gasteiger partial charge on any atom is 0.417 e. The van der Waals surface area contributed by atoms with E-state index in [1.807, 2.05) is 49.4 Å². The monoisotopic (exact) mass is 462 g/mol. The Bertz CT molecular complexity index is 1360. The molecule has 0 radical (unpaired) electrons. The molecule has 2 N–H and O–H groups in total. The second-order valence-corrected chi connectivity index (χ2v) is 7.84. The lowest BCUT2D eigenvalue weighted by molar-refractivity contribution is -0.137. The number of hydrogen-bond donors (Lipinski definition) is 2. The summed E-state index contributed by atoms with van der Waals surface area (Å²) in [5.74, 6) is -1.28. The number of fused-ring (bicyclic) bond motifs is 1. The molecule has 0 saturated heterocycles. The fraction of sp³-hybridized carbons (Fsp3) is 0.111. The van der Waals surface area contributed by atoms with Crippen LogP contribution in [0.5, 0.6) is 0 Å². The number of anilines is 1. The molecule has 1 atom stereocenters. The van der Waals surface area contributed by atoms with Crippen molar-refractivity contribution in [2.45, 2.75) is 19.1 Å². The maximum absolute atomic E-state index is 13.2. The van der Waals surface area contributed by atoms with Gasteiger partial charge >= 0.3 is 6.18 Å². The summed E-state index contributed by atoms with van der Waals surface area (Å²) in [5, 5.41) is 7.49. The summed E-state index contributed by atoms with van der Waals surface area (Å²) in [7, 11) is 0. The van der Waals surface area contributed by atoms with Gasteiger partial charge in [0.25, 0.3) is 11.8 Å². The topological polar surface area (TPSA) is 58.2 Å². The van der Waals surface area contributed by atoms with E-state index in [0.29, 0.717) is 0 Å². The highest BCUT2D eigenvalue weighted by molar-refractivity contribution is 6.06. The molecule has 0 heterocycles. The van der Waals surface area contributed by atoms with E-state index in [4.69, 9.17) is 0 Å². The molecule has 34 heavy (non-hydrogen) atoms. The minimum atomic E-state index is -4.66. The van der Waals surface area contributed by atoms with E-state index in [0.717, 1.165) is 28.5 Å². The van der Waals surface area contributed by atoms with E-state index < -0.39 is 23.2 Å². The van der Waals surface area contributed by atoms with E-state index >= 15 is 0 Å². The lowest BCUT2D eigenvalue weighted by atomic mass is 9.99. The minimum absolute atomic E-state index is 0.215. The van der Waals surface area contributed by atoms with Crippen molar-refractivity contribution in [1.29, 1.82) is 0 Å². The average Bonchev–Trinajstić information content (AvgIpc) is 2.83. The number of amides is 2. The molecule has 0 aliphatic heterocycles. The van der Waals surface area contributed by atoms with Crippen LogP contribution in [0.4, 0.5) is 18.9 Å². The number of hydrogen-bond acceptors (Lipinski definition) is 2. The van der Waals surface area contributed by atoms with E-state index in [9.17, 15) is 22.8 Å². The second kappa shape index (κ2) is 9.39. The number of halogens is 3. The van der Waals surface area contributed by atoms with Gasteiger partial charge < -0.3 is 10.6 Å². The molecule has 0 aliphatic rings. The molecule has 4 nitrogen and oxygen atoms in total. The van der Waals surface area contributed by atoms with Crippen molar-refractivity contribution in [2.75, 3.05) is 5.32 Å². The molecule has 4 rings (SSSR count). The number of alkyl halides is 3. The Morgan fingerprint density at radius 3 is 2.26 bits per heavy atom. The predicted molar refractivity (Wildman–Crippen MR) is 126 cm³/mol. The standard InChI is InChI=1S/C27H21F3N2O2/c1-17(21-14-7-9-18-8-2-3-12-22(18)21)31-25(33)19-10-6-11-20(16-19)32-26(34)23-13-4-5-15-24(23)27(28,29)30/h2-17H,1H3,(H,31,33)(H,32,34)/t17-/m0/s1. The van der Waals surface area contributed by atoms with Gasteiger partial charge in [0.2, 0.25) is 0 Å². The number of carbonyl (C=O) groups excluding carboxylic acids is 2. The first-order valence-electron chi connectivity index (χ1n) is 10.6. The number of nitrogens with one attached hydrogen (secondary N) is 2. The minimum Gasteiger partial charge on any atom is -0.345 e. The molecule has 0 spiro atoms. The van der Waals surface area contributed by atoms with Crippen LogP contribution in [0.2, 0.25) is 0 Å². The highest BCUT2D eigenvalue weighted by Gasteiger charge is 2.34. The molecule has 0 aliphatic carbocycles. The molecular weight excluding hydrogens is 441 g/mol. The van der Waals surface area contributed by atoms with Crippen LogP contribution >= 0.6 is 0 Å². The molecule has 0 unspecified atom stereocenters. The Kier molecular flexibility index (Phi) is 6.36. The lowest BCUT2D eigenvalue weighted by Gasteiger charge is -2.17. The number of rotatable bonds is 5. The van der Waals surface area contributed by atoms with Crippen molar-refractivity contribution in [1.82, 2.24) is 5.32 Å².